The zero-order valence-electron chi connectivity index (χ0n) is 8.16. The molecule has 1 unspecified atom stereocenters. The van der Waals surface area contributed by atoms with Gasteiger partial charge in [0.15, 0.2) is 0 Å². The Hall–Kier alpha value is -0.120. The highest BCUT2D eigenvalue weighted by Crippen LogP contribution is 2.03. The summed E-state index contributed by atoms with van der Waals surface area (Å²) in [6, 6.07) is 0.503. The lowest BCUT2D eigenvalue weighted by molar-refractivity contribution is 0.143. The van der Waals surface area contributed by atoms with E-state index >= 15 is 0 Å². The number of aliphatic hydroxyl groups excluding tert-OH is 2. The van der Waals surface area contributed by atoms with Crippen LogP contribution in [0.1, 0.15) is 26.7 Å². The molecule has 0 aromatic heterocycles. The van der Waals surface area contributed by atoms with Crippen LogP contribution in [-0.2, 0) is 0 Å². The van der Waals surface area contributed by atoms with Gasteiger partial charge in [-0.2, -0.15) is 0 Å². The number of nitrogens with zero attached hydrogens (tertiary/aromatic N) is 1. The number of hydrogen-bond donors (Lipinski definition) is 2. The molecule has 74 valence electrons. The zero-order valence-corrected chi connectivity index (χ0v) is 8.16. The van der Waals surface area contributed by atoms with Gasteiger partial charge in [-0.3, -0.25) is 4.90 Å². The maximum Gasteiger partial charge on any atom is 0.0558 e. The fourth-order valence-electron chi connectivity index (χ4n) is 1.21. The molecule has 0 fully saturated rings. The van der Waals surface area contributed by atoms with Crippen molar-refractivity contribution in [3.05, 3.63) is 0 Å². The molecule has 0 rings (SSSR count). The topological polar surface area (TPSA) is 43.7 Å². The summed E-state index contributed by atoms with van der Waals surface area (Å²) in [6.45, 7) is 6.32. The van der Waals surface area contributed by atoms with E-state index in [9.17, 15) is 0 Å². The Labute approximate surface area is 75.0 Å². The summed E-state index contributed by atoms with van der Waals surface area (Å²) >= 11 is 0. The van der Waals surface area contributed by atoms with Gasteiger partial charge in [-0.1, -0.05) is 6.92 Å². The van der Waals surface area contributed by atoms with E-state index in [2.05, 4.69) is 18.7 Å². The predicted molar refractivity (Wildman–Crippen MR) is 50.1 cm³/mol. The van der Waals surface area contributed by atoms with Crippen molar-refractivity contribution in [1.29, 1.82) is 0 Å². The normalized spacial score (nSPS) is 13.8. The summed E-state index contributed by atoms with van der Waals surface area (Å²) < 4.78 is 0. The minimum absolute atomic E-state index is 0.204. The summed E-state index contributed by atoms with van der Waals surface area (Å²) in [6.07, 6.45) is 1.88. The van der Waals surface area contributed by atoms with Gasteiger partial charge in [0, 0.05) is 25.7 Å². The average molecular weight is 175 g/mol. The number of hydrogen-bond acceptors (Lipinski definition) is 3. The lowest BCUT2D eigenvalue weighted by atomic mass is 10.2. The third-order valence-electron chi connectivity index (χ3n) is 2.20. The first kappa shape index (κ1) is 11.9. The first-order valence-corrected chi connectivity index (χ1v) is 4.72. The second kappa shape index (κ2) is 7.53. The van der Waals surface area contributed by atoms with Crippen LogP contribution in [-0.4, -0.2) is 47.5 Å². The Morgan fingerprint density at radius 3 is 2.25 bits per heavy atom. The molecule has 0 aromatic rings. The maximum absolute atomic E-state index is 8.78. The van der Waals surface area contributed by atoms with Crippen LogP contribution in [0.5, 0.6) is 0 Å². The zero-order chi connectivity index (χ0) is 9.40. The van der Waals surface area contributed by atoms with Crippen LogP contribution < -0.4 is 0 Å². The molecule has 0 aliphatic carbocycles. The van der Waals surface area contributed by atoms with Gasteiger partial charge in [0.1, 0.15) is 0 Å². The van der Waals surface area contributed by atoms with Crippen molar-refractivity contribution in [3.8, 4) is 0 Å². The van der Waals surface area contributed by atoms with Gasteiger partial charge in [-0.15, -0.1) is 0 Å². The molecule has 0 aliphatic rings. The van der Waals surface area contributed by atoms with E-state index in [0.717, 1.165) is 25.9 Å². The molecule has 0 aliphatic heterocycles. The van der Waals surface area contributed by atoms with Crippen molar-refractivity contribution in [2.24, 2.45) is 0 Å². The van der Waals surface area contributed by atoms with E-state index in [4.69, 9.17) is 10.2 Å². The van der Waals surface area contributed by atoms with Gasteiger partial charge in [-0.05, 0) is 19.8 Å². The molecule has 3 nitrogen and oxygen atoms in total. The molecule has 0 radical (unpaired) electrons. The molecule has 0 spiro atoms. The molecule has 0 saturated heterocycles. The molecule has 0 amide bonds. The van der Waals surface area contributed by atoms with E-state index in [1.807, 2.05) is 0 Å². The fourth-order valence-corrected chi connectivity index (χ4v) is 1.21. The largest absolute Gasteiger partial charge is 0.396 e. The van der Waals surface area contributed by atoms with Crippen molar-refractivity contribution < 1.29 is 10.2 Å². The Bertz CT molecular complexity index is 98.5. The van der Waals surface area contributed by atoms with Gasteiger partial charge < -0.3 is 10.2 Å². The van der Waals surface area contributed by atoms with Gasteiger partial charge in [0.2, 0.25) is 0 Å². The molecule has 0 saturated carbocycles. The Morgan fingerprint density at radius 1 is 1.17 bits per heavy atom. The standard InChI is InChI=1S/C9H21NO2/c1-3-9(2)10(6-8-12)5-4-7-11/h9,11-12H,3-8H2,1-2H3. The monoisotopic (exact) mass is 175 g/mol. The van der Waals surface area contributed by atoms with Gasteiger partial charge in [-0.25, -0.2) is 0 Å². The second-order valence-electron chi connectivity index (χ2n) is 3.09. The summed E-state index contributed by atoms with van der Waals surface area (Å²) in [5.74, 6) is 0. The molecule has 12 heavy (non-hydrogen) atoms. The molecule has 0 heterocycles. The molecule has 1 atom stereocenters. The van der Waals surface area contributed by atoms with Crippen LogP contribution >= 0.6 is 0 Å². The first-order chi connectivity index (χ1) is 5.76. The molecule has 2 N–H and O–H groups in total. The SMILES string of the molecule is CCC(C)N(CCO)CCCO. The molecule has 0 aromatic carbocycles. The van der Waals surface area contributed by atoms with Gasteiger partial charge in [0.05, 0.1) is 6.61 Å². The quantitative estimate of drug-likeness (QED) is 0.591. The molecule has 0 bridgehead atoms. The van der Waals surface area contributed by atoms with E-state index in [0.29, 0.717) is 6.04 Å². The molecular weight excluding hydrogens is 154 g/mol. The van der Waals surface area contributed by atoms with E-state index < -0.39 is 0 Å². The Balaban J connectivity index is 3.68. The van der Waals surface area contributed by atoms with Gasteiger partial charge in [0.25, 0.3) is 0 Å². The second-order valence-corrected chi connectivity index (χ2v) is 3.09. The number of aliphatic hydroxyl groups is 2. The predicted octanol–water partition coefficient (Wildman–Crippen LogP) is 0.462. The van der Waals surface area contributed by atoms with Crippen molar-refractivity contribution in [1.82, 2.24) is 4.90 Å². The molecular formula is C9H21NO2. The van der Waals surface area contributed by atoms with E-state index in [-0.39, 0.29) is 13.2 Å². The maximum atomic E-state index is 8.78. The lowest BCUT2D eigenvalue weighted by Crippen LogP contribution is -2.36. The highest BCUT2D eigenvalue weighted by molar-refractivity contribution is 4.64. The Kier molecular flexibility index (Phi) is 7.45. The van der Waals surface area contributed by atoms with Crippen LogP contribution in [0.4, 0.5) is 0 Å². The molecule has 3 heteroatoms. The highest BCUT2D eigenvalue weighted by atomic mass is 16.3. The smallest absolute Gasteiger partial charge is 0.0558 e. The van der Waals surface area contributed by atoms with Crippen molar-refractivity contribution in [2.75, 3.05) is 26.3 Å². The fraction of sp³-hybridized carbons (Fsp3) is 1.00. The van der Waals surface area contributed by atoms with Crippen LogP contribution in [0.15, 0.2) is 0 Å². The summed E-state index contributed by atoms with van der Waals surface area (Å²) in [5, 5.41) is 17.4. The average Bonchev–Trinajstić information content (AvgIpc) is 2.11. The van der Waals surface area contributed by atoms with Crippen molar-refractivity contribution >= 4 is 0 Å². The van der Waals surface area contributed by atoms with Crippen LogP contribution in [0.2, 0.25) is 0 Å². The van der Waals surface area contributed by atoms with Crippen molar-refractivity contribution in [2.45, 2.75) is 32.7 Å². The highest BCUT2D eigenvalue weighted by Gasteiger charge is 2.09. The Morgan fingerprint density at radius 2 is 1.83 bits per heavy atom. The summed E-state index contributed by atoms with van der Waals surface area (Å²) in [7, 11) is 0. The van der Waals surface area contributed by atoms with Crippen LogP contribution in [0.25, 0.3) is 0 Å². The van der Waals surface area contributed by atoms with Gasteiger partial charge >= 0.3 is 0 Å². The summed E-state index contributed by atoms with van der Waals surface area (Å²) in [5.41, 5.74) is 0. The third-order valence-corrected chi connectivity index (χ3v) is 2.20. The van der Waals surface area contributed by atoms with Crippen LogP contribution in [0, 0.1) is 0 Å². The minimum Gasteiger partial charge on any atom is -0.396 e. The van der Waals surface area contributed by atoms with Crippen LogP contribution in [0.3, 0.4) is 0 Å². The summed E-state index contributed by atoms with van der Waals surface area (Å²) in [4.78, 5) is 2.20. The third kappa shape index (κ3) is 4.70. The number of rotatable bonds is 7. The lowest BCUT2D eigenvalue weighted by Gasteiger charge is -2.27. The van der Waals surface area contributed by atoms with Crippen molar-refractivity contribution in [3.63, 3.8) is 0 Å². The van der Waals surface area contributed by atoms with E-state index in [1.165, 1.54) is 0 Å². The first-order valence-electron chi connectivity index (χ1n) is 4.72. The minimum atomic E-state index is 0.204. The van der Waals surface area contributed by atoms with E-state index in [1.54, 1.807) is 0 Å².